The first-order valence-electron chi connectivity index (χ1n) is 14.6. The highest BCUT2D eigenvalue weighted by Crippen LogP contribution is 2.31. The SMILES string of the molecule is C=C/C=C(\C=C/N(C/C=C\CC1C=CC=CC1)C1=CC=C(/C(=C/C2=C(C)CC=C2)CC)CC1)C(/C=C\C)=C/C. The van der Waals surface area contributed by atoms with Crippen LogP contribution in [-0.2, 0) is 0 Å². The predicted octanol–water partition coefficient (Wildman–Crippen LogP) is 10.7. The molecule has 0 amide bonds. The normalized spacial score (nSPS) is 20.6. The van der Waals surface area contributed by atoms with Crippen molar-refractivity contribution in [2.24, 2.45) is 5.92 Å². The quantitative estimate of drug-likeness (QED) is 0.173. The molecule has 0 bridgehead atoms. The molecule has 0 aromatic rings. The molecule has 0 saturated heterocycles. The van der Waals surface area contributed by atoms with Gasteiger partial charge < -0.3 is 4.90 Å². The number of hydrogen-bond acceptors (Lipinski definition) is 1. The third-order valence-corrected chi connectivity index (χ3v) is 7.53. The summed E-state index contributed by atoms with van der Waals surface area (Å²) in [7, 11) is 0. The van der Waals surface area contributed by atoms with Crippen molar-refractivity contribution in [2.75, 3.05) is 6.54 Å². The van der Waals surface area contributed by atoms with Gasteiger partial charge in [-0.05, 0) is 105 Å². The van der Waals surface area contributed by atoms with Crippen molar-refractivity contribution in [3.8, 4) is 0 Å². The second-order valence-corrected chi connectivity index (χ2v) is 10.3. The molecule has 1 atom stereocenters. The first kappa shape index (κ1) is 30.0. The molecule has 3 aliphatic carbocycles. The van der Waals surface area contributed by atoms with Crippen LogP contribution in [0.15, 0.2) is 155 Å². The average molecular weight is 518 g/mol. The van der Waals surface area contributed by atoms with E-state index < -0.39 is 0 Å². The largest absolute Gasteiger partial charge is 0.348 e. The number of hydrogen-bond donors (Lipinski definition) is 0. The Labute approximate surface area is 238 Å². The van der Waals surface area contributed by atoms with Crippen molar-refractivity contribution < 1.29 is 0 Å². The molecule has 204 valence electrons. The Hall–Kier alpha value is -3.58. The van der Waals surface area contributed by atoms with Gasteiger partial charge in [0.25, 0.3) is 0 Å². The van der Waals surface area contributed by atoms with E-state index in [2.05, 4.69) is 143 Å². The summed E-state index contributed by atoms with van der Waals surface area (Å²) in [5.74, 6) is 0.613. The summed E-state index contributed by atoms with van der Waals surface area (Å²) < 4.78 is 0. The van der Waals surface area contributed by atoms with E-state index in [0.29, 0.717) is 5.92 Å². The van der Waals surface area contributed by atoms with Gasteiger partial charge in [-0.25, -0.2) is 0 Å². The highest BCUT2D eigenvalue weighted by atomic mass is 15.1. The van der Waals surface area contributed by atoms with Crippen LogP contribution in [0.3, 0.4) is 0 Å². The zero-order valence-corrected chi connectivity index (χ0v) is 24.6. The topological polar surface area (TPSA) is 3.24 Å². The van der Waals surface area contributed by atoms with Crippen LogP contribution in [0.2, 0.25) is 0 Å². The molecule has 0 aliphatic heterocycles. The smallest absolute Gasteiger partial charge is 0.0403 e. The van der Waals surface area contributed by atoms with Gasteiger partial charge in [-0.15, -0.1) is 0 Å². The lowest BCUT2D eigenvalue weighted by Gasteiger charge is -2.26. The third kappa shape index (κ3) is 9.29. The van der Waals surface area contributed by atoms with E-state index >= 15 is 0 Å². The molecule has 0 fully saturated rings. The van der Waals surface area contributed by atoms with E-state index in [9.17, 15) is 0 Å². The van der Waals surface area contributed by atoms with Crippen LogP contribution in [0.1, 0.15) is 66.2 Å². The molecule has 0 heterocycles. The van der Waals surface area contributed by atoms with Gasteiger partial charge >= 0.3 is 0 Å². The summed E-state index contributed by atoms with van der Waals surface area (Å²) in [5, 5.41) is 0. The first-order chi connectivity index (χ1) is 19.1. The van der Waals surface area contributed by atoms with Gasteiger partial charge in [0.15, 0.2) is 0 Å². The highest BCUT2D eigenvalue weighted by molar-refractivity contribution is 5.49. The number of allylic oxidation sites excluding steroid dienone is 23. The minimum absolute atomic E-state index is 0.613. The highest BCUT2D eigenvalue weighted by Gasteiger charge is 2.14. The molecule has 1 heteroatoms. The van der Waals surface area contributed by atoms with E-state index in [1.807, 2.05) is 6.08 Å². The Balaban J connectivity index is 1.84. The lowest BCUT2D eigenvalue weighted by molar-refractivity contribution is 0.487. The lowest BCUT2D eigenvalue weighted by Crippen LogP contribution is -2.18. The second-order valence-electron chi connectivity index (χ2n) is 10.3. The van der Waals surface area contributed by atoms with Crippen LogP contribution in [0.5, 0.6) is 0 Å². The van der Waals surface area contributed by atoms with Crippen molar-refractivity contribution in [1.29, 1.82) is 0 Å². The van der Waals surface area contributed by atoms with Gasteiger partial charge in [-0.1, -0.05) is 110 Å². The molecule has 0 radical (unpaired) electrons. The summed E-state index contributed by atoms with van der Waals surface area (Å²) in [6.45, 7) is 13.5. The Bertz CT molecular complexity index is 1220. The maximum atomic E-state index is 3.94. The third-order valence-electron chi connectivity index (χ3n) is 7.53. The van der Waals surface area contributed by atoms with Gasteiger partial charge in [-0.3, -0.25) is 0 Å². The maximum absolute atomic E-state index is 3.94. The average Bonchev–Trinajstić information content (AvgIpc) is 3.38. The molecule has 0 spiro atoms. The van der Waals surface area contributed by atoms with Crippen molar-refractivity contribution >= 4 is 0 Å². The summed E-state index contributed by atoms with van der Waals surface area (Å²) >= 11 is 0. The minimum Gasteiger partial charge on any atom is -0.348 e. The predicted molar refractivity (Wildman–Crippen MR) is 173 cm³/mol. The van der Waals surface area contributed by atoms with Gasteiger partial charge in [0.05, 0.1) is 0 Å². The first-order valence-corrected chi connectivity index (χ1v) is 14.6. The van der Waals surface area contributed by atoms with E-state index in [-0.39, 0.29) is 0 Å². The Morgan fingerprint density at radius 2 is 1.92 bits per heavy atom. The molecular weight excluding hydrogens is 470 g/mol. The molecule has 0 saturated carbocycles. The molecule has 1 unspecified atom stereocenters. The van der Waals surface area contributed by atoms with E-state index in [1.54, 1.807) is 0 Å². The Morgan fingerprint density at radius 1 is 1.05 bits per heavy atom. The molecule has 0 aromatic heterocycles. The van der Waals surface area contributed by atoms with Crippen LogP contribution < -0.4 is 0 Å². The summed E-state index contributed by atoms with van der Waals surface area (Å²) in [6, 6.07) is 0. The zero-order chi connectivity index (χ0) is 27.9. The van der Waals surface area contributed by atoms with Crippen LogP contribution in [0, 0.1) is 5.92 Å². The molecule has 0 aromatic carbocycles. The molecule has 0 N–H and O–H groups in total. The minimum atomic E-state index is 0.613. The molecular formula is C38H47N. The molecule has 39 heavy (non-hydrogen) atoms. The van der Waals surface area contributed by atoms with Gasteiger partial charge in [-0.2, -0.15) is 0 Å². The van der Waals surface area contributed by atoms with Gasteiger partial charge in [0, 0.05) is 18.4 Å². The van der Waals surface area contributed by atoms with Crippen LogP contribution in [0.4, 0.5) is 0 Å². The van der Waals surface area contributed by atoms with Crippen LogP contribution in [0.25, 0.3) is 0 Å². The maximum Gasteiger partial charge on any atom is 0.0403 e. The second kappa shape index (κ2) is 16.4. The Kier molecular flexibility index (Phi) is 12.6. The number of nitrogens with zero attached hydrogens (tertiary/aromatic N) is 1. The molecule has 1 nitrogen and oxygen atoms in total. The Morgan fingerprint density at radius 3 is 2.54 bits per heavy atom. The fraction of sp³-hybridized carbons (Fsp3) is 0.316. The van der Waals surface area contributed by atoms with Crippen molar-refractivity contribution in [2.45, 2.75) is 66.2 Å². The van der Waals surface area contributed by atoms with Gasteiger partial charge in [0.1, 0.15) is 0 Å². The monoisotopic (exact) mass is 517 g/mol. The molecule has 3 rings (SSSR count). The van der Waals surface area contributed by atoms with E-state index in [1.165, 1.54) is 33.6 Å². The van der Waals surface area contributed by atoms with Crippen molar-refractivity contribution in [3.63, 3.8) is 0 Å². The van der Waals surface area contributed by atoms with Gasteiger partial charge in [0.2, 0.25) is 0 Å². The van der Waals surface area contributed by atoms with E-state index in [0.717, 1.165) is 50.6 Å². The fourth-order valence-electron chi connectivity index (χ4n) is 5.16. The van der Waals surface area contributed by atoms with E-state index in [4.69, 9.17) is 0 Å². The summed E-state index contributed by atoms with van der Waals surface area (Å²) in [4.78, 5) is 2.40. The van der Waals surface area contributed by atoms with Crippen molar-refractivity contribution in [1.82, 2.24) is 4.90 Å². The fourth-order valence-corrected chi connectivity index (χ4v) is 5.16. The molecule has 3 aliphatic rings. The summed E-state index contributed by atoms with van der Waals surface area (Å²) in [5.41, 5.74) is 9.51. The standard InChI is InChI=1S/C38H47N/c1-6-16-33(8-3)35(17-7-2)27-29-39(28-14-13-21-32-19-11-10-12-20-32)38-25-23-36(24-26-38)34(9-4)30-37-22-15-18-31(37)5/h6-8,10-17,19,22-23,25,27,29-30,32H,2,9,18,20-21,24,26,28H2,1,3-5H3/b14-13-,16-6-,29-27-,33-8+,34-30+,35-17+. The van der Waals surface area contributed by atoms with Crippen LogP contribution in [-0.4, -0.2) is 11.4 Å². The van der Waals surface area contributed by atoms with Crippen molar-refractivity contribution in [3.05, 3.63) is 155 Å². The lowest BCUT2D eigenvalue weighted by atomic mass is 9.92. The van der Waals surface area contributed by atoms with Crippen LogP contribution >= 0.6 is 0 Å². The zero-order valence-electron chi connectivity index (χ0n) is 24.6. The summed E-state index contributed by atoms with van der Waals surface area (Å²) in [6.07, 6.45) is 46.5. The number of rotatable bonds is 13.